The van der Waals surface area contributed by atoms with Gasteiger partial charge in [0, 0.05) is 23.8 Å². The van der Waals surface area contributed by atoms with Crippen molar-refractivity contribution in [3.05, 3.63) is 24.3 Å². The van der Waals surface area contributed by atoms with Crippen molar-refractivity contribution in [3.63, 3.8) is 0 Å². The molecule has 0 bridgehead atoms. The molecule has 1 aromatic carbocycles. The van der Waals surface area contributed by atoms with Gasteiger partial charge in [0.05, 0.1) is 6.04 Å². The van der Waals surface area contributed by atoms with E-state index in [1.165, 1.54) is 25.7 Å². The van der Waals surface area contributed by atoms with Crippen LogP contribution >= 0.6 is 0 Å². The summed E-state index contributed by atoms with van der Waals surface area (Å²) < 4.78 is 0. The summed E-state index contributed by atoms with van der Waals surface area (Å²) in [5.74, 6) is 1.06. The molecule has 0 spiro atoms. The number of rotatable bonds is 5. The van der Waals surface area contributed by atoms with E-state index in [9.17, 15) is 9.59 Å². The molecule has 136 valence electrons. The molecule has 3 unspecified atom stereocenters. The van der Waals surface area contributed by atoms with Crippen LogP contribution in [-0.4, -0.2) is 23.9 Å². The molecule has 1 saturated carbocycles. The van der Waals surface area contributed by atoms with Crippen molar-refractivity contribution in [2.24, 2.45) is 11.8 Å². The number of benzene rings is 1. The molecule has 5 heteroatoms. The van der Waals surface area contributed by atoms with Crippen LogP contribution in [0.1, 0.15) is 52.4 Å². The van der Waals surface area contributed by atoms with Gasteiger partial charge in [0.15, 0.2) is 0 Å². The lowest BCUT2D eigenvalue weighted by atomic mass is 9.85. The van der Waals surface area contributed by atoms with Crippen LogP contribution in [0.25, 0.3) is 0 Å². The third-order valence-electron chi connectivity index (χ3n) is 5.21. The Hall–Kier alpha value is -1.88. The number of carbonyl (C=O) groups excluding carboxylic acids is 2. The molecule has 1 aromatic rings. The minimum absolute atomic E-state index is 0.0181. The second kappa shape index (κ2) is 8.00. The minimum Gasteiger partial charge on any atom is -0.326 e. The van der Waals surface area contributed by atoms with Crippen LogP contribution in [0.3, 0.4) is 0 Å². The number of amides is 2. The zero-order chi connectivity index (χ0) is 17.8. The molecule has 0 radical (unpaired) electrons. The third kappa shape index (κ3) is 4.82. The number of nitrogens with one attached hydrogen (secondary N) is 3. The van der Waals surface area contributed by atoms with Crippen LogP contribution in [0.2, 0.25) is 0 Å². The zero-order valence-corrected chi connectivity index (χ0v) is 15.2. The van der Waals surface area contributed by atoms with E-state index >= 15 is 0 Å². The van der Waals surface area contributed by atoms with Crippen molar-refractivity contribution in [1.82, 2.24) is 5.32 Å². The molecule has 25 heavy (non-hydrogen) atoms. The Kier molecular flexibility index (Phi) is 5.74. The van der Waals surface area contributed by atoms with E-state index in [2.05, 4.69) is 16.0 Å². The van der Waals surface area contributed by atoms with Gasteiger partial charge >= 0.3 is 0 Å². The normalized spacial score (nSPS) is 25.5. The van der Waals surface area contributed by atoms with E-state index in [0.29, 0.717) is 24.3 Å². The Balaban J connectivity index is 1.51. The summed E-state index contributed by atoms with van der Waals surface area (Å²) in [5, 5.41) is 9.37. The molecule has 0 aromatic heterocycles. The highest BCUT2D eigenvalue weighted by Crippen LogP contribution is 2.33. The first-order valence-electron chi connectivity index (χ1n) is 9.48. The molecular formula is C20H29N3O2. The Morgan fingerprint density at radius 2 is 1.72 bits per heavy atom. The maximum Gasteiger partial charge on any atom is 0.241 e. The summed E-state index contributed by atoms with van der Waals surface area (Å²) in [5.41, 5.74) is 1.53. The molecule has 1 heterocycles. The molecule has 3 atom stereocenters. The maximum absolute atomic E-state index is 12.5. The molecule has 1 saturated heterocycles. The Labute approximate surface area is 150 Å². The third-order valence-corrected chi connectivity index (χ3v) is 5.21. The van der Waals surface area contributed by atoms with Crippen LogP contribution < -0.4 is 16.0 Å². The molecule has 1 aliphatic carbocycles. The van der Waals surface area contributed by atoms with Crippen LogP contribution in [0.15, 0.2) is 24.3 Å². The van der Waals surface area contributed by atoms with Crippen LogP contribution in [0.4, 0.5) is 11.4 Å². The van der Waals surface area contributed by atoms with Gasteiger partial charge in [-0.1, -0.05) is 26.7 Å². The fourth-order valence-electron chi connectivity index (χ4n) is 3.97. The van der Waals surface area contributed by atoms with E-state index in [0.717, 1.165) is 17.8 Å². The van der Waals surface area contributed by atoms with E-state index < -0.39 is 0 Å². The summed E-state index contributed by atoms with van der Waals surface area (Å²) >= 11 is 0. The van der Waals surface area contributed by atoms with Crippen LogP contribution in [0.5, 0.6) is 0 Å². The first kappa shape index (κ1) is 17.9. The van der Waals surface area contributed by atoms with Gasteiger partial charge in [0.2, 0.25) is 11.8 Å². The van der Waals surface area contributed by atoms with Gasteiger partial charge in [-0.15, -0.1) is 0 Å². The highest BCUT2D eigenvalue weighted by molar-refractivity contribution is 5.96. The lowest BCUT2D eigenvalue weighted by Crippen LogP contribution is -2.39. The number of fused-ring (bicyclic) bond motifs is 1. The molecule has 2 amide bonds. The fourth-order valence-corrected chi connectivity index (χ4v) is 3.97. The van der Waals surface area contributed by atoms with Gasteiger partial charge < -0.3 is 16.0 Å². The molecule has 1 aliphatic heterocycles. The van der Waals surface area contributed by atoms with Crippen molar-refractivity contribution < 1.29 is 9.59 Å². The standard InChI is InChI=1S/C20H29N3O2/c1-13(2)11-19(24)21-15-7-9-16(10-8-15)22-20(25)18-12-14-5-3-4-6-17(14)23-18/h7-10,13-14,17-18,23H,3-6,11-12H2,1-2H3,(H,21,24)(H,22,25). The predicted molar refractivity (Wildman–Crippen MR) is 100 cm³/mol. The molecule has 2 fully saturated rings. The summed E-state index contributed by atoms with van der Waals surface area (Å²) in [6.45, 7) is 4.04. The average Bonchev–Trinajstić information content (AvgIpc) is 3.00. The summed E-state index contributed by atoms with van der Waals surface area (Å²) in [4.78, 5) is 24.3. The summed E-state index contributed by atoms with van der Waals surface area (Å²) in [7, 11) is 0. The highest BCUT2D eigenvalue weighted by Gasteiger charge is 2.38. The minimum atomic E-state index is -0.0847. The first-order valence-corrected chi connectivity index (χ1v) is 9.48. The first-order chi connectivity index (χ1) is 12.0. The lowest BCUT2D eigenvalue weighted by molar-refractivity contribution is -0.118. The topological polar surface area (TPSA) is 70.2 Å². The second-order valence-corrected chi connectivity index (χ2v) is 7.82. The molecule has 3 N–H and O–H groups in total. The van der Waals surface area contributed by atoms with E-state index in [4.69, 9.17) is 0 Å². The van der Waals surface area contributed by atoms with E-state index in [1.807, 2.05) is 38.1 Å². The van der Waals surface area contributed by atoms with Crippen LogP contribution in [0, 0.1) is 11.8 Å². The van der Waals surface area contributed by atoms with Crippen molar-refractivity contribution in [2.45, 2.75) is 64.5 Å². The fraction of sp³-hybridized carbons (Fsp3) is 0.600. The quantitative estimate of drug-likeness (QED) is 0.766. The van der Waals surface area contributed by atoms with E-state index in [-0.39, 0.29) is 17.9 Å². The van der Waals surface area contributed by atoms with Gasteiger partial charge in [0.25, 0.3) is 0 Å². The largest absolute Gasteiger partial charge is 0.326 e. The smallest absolute Gasteiger partial charge is 0.241 e. The number of hydrogen-bond acceptors (Lipinski definition) is 3. The van der Waals surface area contributed by atoms with Gasteiger partial charge in [-0.25, -0.2) is 0 Å². The zero-order valence-electron chi connectivity index (χ0n) is 15.2. The number of carbonyl (C=O) groups is 2. The molecule has 2 aliphatic rings. The van der Waals surface area contributed by atoms with Crippen molar-refractivity contribution in [3.8, 4) is 0 Å². The number of anilines is 2. The molecular weight excluding hydrogens is 314 g/mol. The maximum atomic E-state index is 12.5. The van der Waals surface area contributed by atoms with E-state index in [1.54, 1.807) is 0 Å². The van der Waals surface area contributed by atoms with Crippen LogP contribution in [-0.2, 0) is 9.59 Å². The lowest BCUT2D eigenvalue weighted by Gasteiger charge is -2.24. The molecule has 3 rings (SSSR count). The van der Waals surface area contributed by atoms with Gasteiger partial charge in [-0.2, -0.15) is 0 Å². The van der Waals surface area contributed by atoms with Gasteiger partial charge in [0.1, 0.15) is 0 Å². The predicted octanol–water partition coefficient (Wildman–Crippen LogP) is 3.53. The molecule has 5 nitrogen and oxygen atoms in total. The van der Waals surface area contributed by atoms with Crippen molar-refractivity contribution in [2.75, 3.05) is 10.6 Å². The Bertz CT molecular complexity index is 598. The Morgan fingerprint density at radius 3 is 2.36 bits per heavy atom. The van der Waals surface area contributed by atoms with Gasteiger partial charge in [-0.05, 0) is 55.4 Å². The SMILES string of the molecule is CC(C)CC(=O)Nc1ccc(NC(=O)C2CC3CCCCC3N2)cc1. The second-order valence-electron chi connectivity index (χ2n) is 7.82. The monoisotopic (exact) mass is 343 g/mol. The van der Waals surface area contributed by atoms with Gasteiger partial charge in [-0.3, -0.25) is 9.59 Å². The average molecular weight is 343 g/mol. The highest BCUT2D eigenvalue weighted by atomic mass is 16.2. The number of hydrogen-bond donors (Lipinski definition) is 3. The Morgan fingerprint density at radius 1 is 1.08 bits per heavy atom. The van der Waals surface area contributed by atoms with Crippen molar-refractivity contribution in [1.29, 1.82) is 0 Å². The summed E-state index contributed by atoms with van der Waals surface area (Å²) in [6, 6.07) is 7.77. The summed E-state index contributed by atoms with van der Waals surface area (Å²) in [6.07, 6.45) is 6.45. The van der Waals surface area contributed by atoms with Crippen molar-refractivity contribution >= 4 is 23.2 Å².